The van der Waals surface area contributed by atoms with Gasteiger partial charge in [-0.2, -0.15) is 5.26 Å². The van der Waals surface area contributed by atoms with Gasteiger partial charge in [0.15, 0.2) is 0 Å². The lowest BCUT2D eigenvalue weighted by molar-refractivity contribution is 0.231. The fourth-order valence-electron chi connectivity index (χ4n) is 2.01. The summed E-state index contributed by atoms with van der Waals surface area (Å²) in [6.07, 6.45) is 1.81. The molecule has 1 aromatic heterocycles. The maximum atomic E-state index is 8.89. The lowest BCUT2D eigenvalue weighted by atomic mass is 10.2. The highest BCUT2D eigenvalue weighted by atomic mass is 79.9. The van der Waals surface area contributed by atoms with Crippen LogP contribution in [0, 0.1) is 11.3 Å². The third-order valence-electron chi connectivity index (χ3n) is 3.09. The first-order valence-electron chi connectivity index (χ1n) is 5.71. The Morgan fingerprint density at radius 3 is 2.71 bits per heavy atom. The highest BCUT2D eigenvalue weighted by Gasteiger charge is 2.22. The summed E-state index contributed by atoms with van der Waals surface area (Å²) in [5, 5.41) is 8.89. The van der Waals surface area contributed by atoms with Gasteiger partial charge in [-0.25, -0.2) is 4.98 Å². The van der Waals surface area contributed by atoms with Gasteiger partial charge in [-0.15, -0.1) is 0 Å². The third-order valence-corrected chi connectivity index (χ3v) is 3.71. The van der Waals surface area contributed by atoms with Gasteiger partial charge in [-0.1, -0.05) is 0 Å². The van der Waals surface area contributed by atoms with Gasteiger partial charge < -0.3 is 4.90 Å². The van der Waals surface area contributed by atoms with E-state index in [4.69, 9.17) is 5.26 Å². The lowest BCUT2D eigenvalue weighted by Crippen LogP contribution is -2.49. The second-order valence-corrected chi connectivity index (χ2v) is 4.99. The summed E-state index contributed by atoms with van der Waals surface area (Å²) in [5.41, 5.74) is 0. The average Bonchev–Trinajstić information content (AvgIpc) is 2.39. The topological polar surface area (TPSA) is 43.2 Å². The highest BCUT2D eigenvalue weighted by Crippen LogP contribution is 2.24. The van der Waals surface area contributed by atoms with E-state index in [1.165, 1.54) is 0 Å². The van der Waals surface area contributed by atoms with E-state index < -0.39 is 0 Å². The molecule has 2 rings (SSSR count). The second-order valence-electron chi connectivity index (χ2n) is 4.14. The van der Waals surface area contributed by atoms with Crippen molar-refractivity contribution in [2.75, 3.05) is 31.1 Å². The Kier molecular flexibility index (Phi) is 3.97. The summed E-state index contributed by atoms with van der Waals surface area (Å²) >= 11 is 3.52. The summed E-state index contributed by atoms with van der Waals surface area (Å²) in [4.78, 5) is 8.84. The van der Waals surface area contributed by atoms with Crippen molar-refractivity contribution in [3.8, 4) is 6.07 Å². The first-order chi connectivity index (χ1) is 8.22. The van der Waals surface area contributed by atoms with Crippen molar-refractivity contribution < 1.29 is 0 Å². The van der Waals surface area contributed by atoms with Crippen molar-refractivity contribution in [1.82, 2.24) is 9.88 Å². The van der Waals surface area contributed by atoms with E-state index in [1.807, 2.05) is 25.3 Å². The molecule has 1 atom stereocenters. The van der Waals surface area contributed by atoms with Crippen molar-refractivity contribution in [1.29, 1.82) is 5.26 Å². The van der Waals surface area contributed by atoms with Crippen LogP contribution in [0.25, 0.3) is 0 Å². The molecule has 1 unspecified atom stereocenters. The van der Waals surface area contributed by atoms with Crippen molar-refractivity contribution in [3.63, 3.8) is 0 Å². The van der Waals surface area contributed by atoms with E-state index in [2.05, 4.69) is 36.8 Å². The van der Waals surface area contributed by atoms with Crippen LogP contribution in [0.4, 0.5) is 5.82 Å². The molecule has 1 aromatic rings. The standard InChI is InChI=1S/C12H15BrN4/c1-10(9-14)16-5-7-17(8-6-16)12-11(13)3-2-4-15-12/h2-4,10H,5-8H2,1H3. The van der Waals surface area contributed by atoms with Crippen LogP contribution in [-0.4, -0.2) is 42.1 Å². The average molecular weight is 295 g/mol. The maximum Gasteiger partial charge on any atom is 0.142 e. The number of hydrogen-bond acceptors (Lipinski definition) is 4. The highest BCUT2D eigenvalue weighted by molar-refractivity contribution is 9.10. The third kappa shape index (κ3) is 2.76. The Morgan fingerprint density at radius 2 is 2.12 bits per heavy atom. The van der Waals surface area contributed by atoms with Crippen LogP contribution in [0.3, 0.4) is 0 Å². The molecule has 17 heavy (non-hydrogen) atoms. The van der Waals surface area contributed by atoms with Gasteiger partial charge in [-0.05, 0) is 35.0 Å². The van der Waals surface area contributed by atoms with Crippen molar-refractivity contribution in [3.05, 3.63) is 22.8 Å². The maximum absolute atomic E-state index is 8.89. The molecule has 0 bridgehead atoms. The summed E-state index contributed by atoms with van der Waals surface area (Å²) in [6.45, 7) is 5.62. The molecule has 0 N–H and O–H groups in total. The molecule has 0 aliphatic carbocycles. The molecule has 0 amide bonds. The number of pyridine rings is 1. The molecule has 0 saturated carbocycles. The van der Waals surface area contributed by atoms with E-state index in [1.54, 1.807) is 0 Å². The molecule has 0 aromatic carbocycles. The zero-order valence-electron chi connectivity index (χ0n) is 9.80. The minimum absolute atomic E-state index is 0.00400. The van der Waals surface area contributed by atoms with E-state index >= 15 is 0 Å². The van der Waals surface area contributed by atoms with Crippen molar-refractivity contribution in [2.45, 2.75) is 13.0 Å². The SMILES string of the molecule is CC(C#N)N1CCN(c2ncccc2Br)CC1. The molecular weight excluding hydrogens is 280 g/mol. The Bertz CT molecular complexity index is 421. The van der Waals surface area contributed by atoms with Crippen LogP contribution in [0.2, 0.25) is 0 Å². The predicted molar refractivity (Wildman–Crippen MR) is 70.8 cm³/mol. The fraction of sp³-hybridized carbons (Fsp3) is 0.500. The molecule has 90 valence electrons. The van der Waals surface area contributed by atoms with Gasteiger partial charge >= 0.3 is 0 Å². The normalized spacial score (nSPS) is 18.8. The van der Waals surface area contributed by atoms with E-state index in [0.717, 1.165) is 36.5 Å². The number of halogens is 1. The summed E-state index contributed by atoms with van der Waals surface area (Å²) in [5.74, 6) is 0.997. The molecule has 0 radical (unpaired) electrons. The van der Waals surface area contributed by atoms with Crippen LogP contribution < -0.4 is 4.90 Å². The van der Waals surface area contributed by atoms with E-state index in [9.17, 15) is 0 Å². The zero-order chi connectivity index (χ0) is 12.3. The van der Waals surface area contributed by atoms with Crippen LogP contribution in [0.1, 0.15) is 6.92 Å². The van der Waals surface area contributed by atoms with Gasteiger partial charge in [0.05, 0.1) is 16.6 Å². The Hall–Kier alpha value is -1.12. The molecule has 0 spiro atoms. The first kappa shape index (κ1) is 12.3. The van der Waals surface area contributed by atoms with Gasteiger partial charge in [0.1, 0.15) is 5.82 Å². The number of aromatic nitrogens is 1. The summed E-state index contributed by atoms with van der Waals surface area (Å²) in [7, 11) is 0. The van der Waals surface area contributed by atoms with Gasteiger partial charge in [0.25, 0.3) is 0 Å². The predicted octanol–water partition coefficient (Wildman–Crippen LogP) is 1.88. The Labute approximate surface area is 110 Å². The van der Waals surface area contributed by atoms with Crippen LogP contribution >= 0.6 is 15.9 Å². The fourth-order valence-corrected chi connectivity index (χ4v) is 2.52. The zero-order valence-corrected chi connectivity index (χ0v) is 11.4. The van der Waals surface area contributed by atoms with Gasteiger partial charge in [0, 0.05) is 32.4 Å². The minimum atomic E-state index is 0.00400. The van der Waals surface area contributed by atoms with Gasteiger partial charge in [-0.3, -0.25) is 4.90 Å². The quantitative estimate of drug-likeness (QED) is 0.835. The van der Waals surface area contributed by atoms with Crippen LogP contribution in [0.5, 0.6) is 0 Å². The minimum Gasteiger partial charge on any atom is -0.353 e. The van der Waals surface area contributed by atoms with E-state index in [0.29, 0.717) is 0 Å². The summed E-state index contributed by atoms with van der Waals surface area (Å²) in [6, 6.07) is 6.21. The molecule has 2 heterocycles. The van der Waals surface area contributed by atoms with Crippen molar-refractivity contribution in [2.24, 2.45) is 0 Å². The Morgan fingerprint density at radius 1 is 1.41 bits per heavy atom. The molecule has 5 heteroatoms. The van der Waals surface area contributed by atoms with E-state index in [-0.39, 0.29) is 6.04 Å². The lowest BCUT2D eigenvalue weighted by Gasteiger charge is -2.36. The monoisotopic (exact) mass is 294 g/mol. The number of hydrogen-bond donors (Lipinski definition) is 0. The number of rotatable bonds is 2. The van der Waals surface area contributed by atoms with Crippen LogP contribution in [-0.2, 0) is 0 Å². The van der Waals surface area contributed by atoms with Crippen molar-refractivity contribution >= 4 is 21.7 Å². The number of nitriles is 1. The second kappa shape index (κ2) is 5.48. The molecule has 4 nitrogen and oxygen atoms in total. The molecule has 1 saturated heterocycles. The molecule has 1 fully saturated rings. The summed E-state index contributed by atoms with van der Waals surface area (Å²) < 4.78 is 1.03. The molecule has 1 aliphatic rings. The van der Waals surface area contributed by atoms with Gasteiger partial charge in [0.2, 0.25) is 0 Å². The molecular formula is C12H15BrN4. The number of piperazine rings is 1. The number of anilines is 1. The molecule has 1 aliphatic heterocycles. The largest absolute Gasteiger partial charge is 0.353 e. The number of nitrogens with zero attached hydrogens (tertiary/aromatic N) is 4. The first-order valence-corrected chi connectivity index (χ1v) is 6.51. The smallest absolute Gasteiger partial charge is 0.142 e. The Balaban J connectivity index is 2.01. The van der Waals surface area contributed by atoms with Crippen LogP contribution in [0.15, 0.2) is 22.8 Å².